The maximum atomic E-state index is 12.5. The molecular formula is C22H35N5O. The average molecular weight is 386 g/mol. The second-order valence-electron chi connectivity index (χ2n) is 8.85. The van der Waals surface area contributed by atoms with E-state index in [1.165, 1.54) is 18.4 Å². The number of piperidine rings is 2. The molecule has 3 heterocycles. The lowest BCUT2D eigenvalue weighted by atomic mass is 9.93. The smallest absolute Gasteiger partial charge is 0.224 e. The Morgan fingerprint density at radius 1 is 1.18 bits per heavy atom. The van der Waals surface area contributed by atoms with Crippen LogP contribution in [0.4, 0.5) is 5.82 Å². The van der Waals surface area contributed by atoms with Crippen molar-refractivity contribution in [1.82, 2.24) is 20.2 Å². The molecule has 0 aromatic carbocycles. The Labute approximate surface area is 169 Å². The zero-order valence-corrected chi connectivity index (χ0v) is 17.5. The lowest BCUT2D eigenvalue weighted by Gasteiger charge is -2.42. The van der Waals surface area contributed by atoms with E-state index < -0.39 is 0 Å². The van der Waals surface area contributed by atoms with Crippen molar-refractivity contribution in [3.63, 3.8) is 0 Å². The first-order valence-corrected chi connectivity index (χ1v) is 11.3. The van der Waals surface area contributed by atoms with E-state index in [1.807, 2.05) is 13.1 Å². The van der Waals surface area contributed by atoms with Crippen LogP contribution >= 0.6 is 0 Å². The molecule has 0 unspecified atom stereocenters. The molecule has 1 aromatic heterocycles. The number of likely N-dealkylation sites (tertiary alicyclic amines) is 1. The summed E-state index contributed by atoms with van der Waals surface area (Å²) in [6.45, 7) is 8.37. The normalized spacial score (nSPS) is 24.4. The molecule has 1 aromatic rings. The third-order valence-electron chi connectivity index (χ3n) is 6.51. The summed E-state index contributed by atoms with van der Waals surface area (Å²) in [4.78, 5) is 26.7. The van der Waals surface area contributed by atoms with Crippen molar-refractivity contribution in [1.29, 1.82) is 0 Å². The molecule has 6 heteroatoms. The van der Waals surface area contributed by atoms with Gasteiger partial charge in [-0.25, -0.2) is 9.97 Å². The van der Waals surface area contributed by atoms with Crippen LogP contribution in [0.25, 0.3) is 0 Å². The number of nitrogens with one attached hydrogen (secondary N) is 1. The average Bonchev–Trinajstić information content (AvgIpc) is 3.54. The van der Waals surface area contributed by atoms with Gasteiger partial charge >= 0.3 is 0 Å². The molecule has 1 aliphatic carbocycles. The maximum Gasteiger partial charge on any atom is 0.224 e. The highest BCUT2D eigenvalue weighted by molar-refractivity contribution is 5.79. The van der Waals surface area contributed by atoms with Gasteiger partial charge in [0.25, 0.3) is 0 Å². The van der Waals surface area contributed by atoms with E-state index >= 15 is 0 Å². The monoisotopic (exact) mass is 385 g/mol. The van der Waals surface area contributed by atoms with E-state index in [4.69, 9.17) is 4.98 Å². The van der Waals surface area contributed by atoms with Crippen molar-refractivity contribution in [2.45, 2.75) is 77.3 Å². The molecule has 0 bridgehead atoms. The van der Waals surface area contributed by atoms with Crippen LogP contribution in [0.1, 0.15) is 63.3 Å². The Morgan fingerprint density at radius 2 is 1.96 bits per heavy atom. The Balaban J connectivity index is 1.33. The van der Waals surface area contributed by atoms with Gasteiger partial charge in [0, 0.05) is 43.5 Å². The minimum absolute atomic E-state index is 0.188. The highest BCUT2D eigenvalue weighted by Crippen LogP contribution is 2.28. The number of rotatable bonds is 6. The van der Waals surface area contributed by atoms with Crippen LogP contribution in [-0.2, 0) is 11.2 Å². The van der Waals surface area contributed by atoms with Gasteiger partial charge in [0.05, 0.1) is 5.92 Å². The van der Waals surface area contributed by atoms with Crippen molar-refractivity contribution < 1.29 is 4.79 Å². The number of hydrogen-bond acceptors (Lipinski definition) is 5. The van der Waals surface area contributed by atoms with Crippen molar-refractivity contribution in [3.8, 4) is 0 Å². The molecule has 3 fully saturated rings. The van der Waals surface area contributed by atoms with E-state index in [0.717, 1.165) is 76.3 Å². The molecule has 6 nitrogen and oxygen atoms in total. The quantitative estimate of drug-likeness (QED) is 0.816. The molecule has 1 amide bonds. The van der Waals surface area contributed by atoms with Gasteiger partial charge < -0.3 is 10.2 Å². The summed E-state index contributed by atoms with van der Waals surface area (Å²) < 4.78 is 0. The fourth-order valence-electron chi connectivity index (χ4n) is 4.74. The third-order valence-corrected chi connectivity index (χ3v) is 6.51. The van der Waals surface area contributed by atoms with Gasteiger partial charge in [0.2, 0.25) is 5.91 Å². The second-order valence-corrected chi connectivity index (χ2v) is 8.85. The summed E-state index contributed by atoms with van der Waals surface area (Å²) >= 11 is 0. The number of hydrogen-bond donors (Lipinski definition) is 1. The largest absolute Gasteiger partial charge is 0.356 e. The van der Waals surface area contributed by atoms with Gasteiger partial charge in [-0.1, -0.05) is 13.3 Å². The van der Waals surface area contributed by atoms with Gasteiger partial charge in [-0.3, -0.25) is 9.69 Å². The Kier molecular flexibility index (Phi) is 6.14. The Hall–Kier alpha value is -1.69. The first kappa shape index (κ1) is 19.6. The van der Waals surface area contributed by atoms with E-state index in [1.54, 1.807) is 0 Å². The summed E-state index contributed by atoms with van der Waals surface area (Å²) in [5.41, 5.74) is 1.28. The summed E-state index contributed by atoms with van der Waals surface area (Å²) in [6, 6.07) is 1.07. The zero-order valence-electron chi connectivity index (χ0n) is 17.5. The molecule has 154 valence electrons. The van der Waals surface area contributed by atoms with E-state index in [9.17, 15) is 4.79 Å². The van der Waals surface area contributed by atoms with Crippen LogP contribution in [0.3, 0.4) is 0 Å². The predicted molar refractivity (Wildman–Crippen MR) is 111 cm³/mol. The molecule has 2 saturated heterocycles. The van der Waals surface area contributed by atoms with Crippen LogP contribution in [0.5, 0.6) is 0 Å². The number of amides is 1. The summed E-state index contributed by atoms with van der Waals surface area (Å²) in [5.74, 6) is 2.49. The van der Waals surface area contributed by atoms with Crippen LogP contribution in [0.2, 0.25) is 0 Å². The zero-order chi connectivity index (χ0) is 19.5. The van der Waals surface area contributed by atoms with Gasteiger partial charge in [0.15, 0.2) is 0 Å². The third kappa shape index (κ3) is 4.65. The SMILES string of the molecule is CCCc1cnc(C)nc1N1CCC(N2CCC[C@@H](C(=O)NC3CC3)C2)CC1. The van der Waals surface area contributed by atoms with E-state index in [0.29, 0.717) is 18.0 Å². The topological polar surface area (TPSA) is 61.4 Å². The minimum Gasteiger partial charge on any atom is -0.356 e. The molecule has 4 rings (SSSR count). The number of carbonyl (C=O) groups is 1. The fourth-order valence-corrected chi connectivity index (χ4v) is 4.74. The van der Waals surface area contributed by atoms with Crippen molar-refractivity contribution in [2.75, 3.05) is 31.1 Å². The van der Waals surface area contributed by atoms with Crippen LogP contribution < -0.4 is 10.2 Å². The summed E-state index contributed by atoms with van der Waals surface area (Å²) in [7, 11) is 0. The van der Waals surface area contributed by atoms with Crippen LogP contribution in [0, 0.1) is 12.8 Å². The number of carbonyl (C=O) groups excluding carboxylic acids is 1. The minimum atomic E-state index is 0.188. The predicted octanol–water partition coefficient (Wildman–Crippen LogP) is 2.70. The first-order valence-electron chi connectivity index (χ1n) is 11.3. The standard InChI is InChI=1S/C22H35N5O/c1-3-5-17-14-23-16(2)24-21(17)26-12-9-20(10-13-26)27-11-4-6-18(15-27)22(28)25-19-7-8-19/h14,18-20H,3-13,15H2,1-2H3,(H,25,28)/t18-/m1/s1. The molecule has 1 N–H and O–H groups in total. The van der Waals surface area contributed by atoms with Gasteiger partial charge in [0.1, 0.15) is 11.6 Å². The highest BCUT2D eigenvalue weighted by Gasteiger charge is 2.34. The van der Waals surface area contributed by atoms with Gasteiger partial charge in [-0.05, 0) is 58.4 Å². The Morgan fingerprint density at radius 3 is 2.68 bits per heavy atom. The van der Waals surface area contributed by atoms with Crippen LogP contribution in [0.15, 0.2) is 6.20 Å². The lowest BCUT2D eigenvalue weighted by Crippen LogP contribution is -2.51. The summed E-state index contributed by atoms with van der Waals surface area (Å²) in [6.07, 6.45) is 11.0. The molecule has 0 spiro atoms. The maximum absolute atomic E-state index is 12.5. The van der Waals surface area contributed by atoms with Crippen LogP contribution in [-0.4, -0.2) is 59.0 Å². The van der Waals surface area contributed by atoms with Gasteiger partial charge in [-0.15, -0.1) is 0 Å². The summed E-state index contributed by atoms with van der Waals surface area (Å²) in [5, 5.41) is 3.21. The molecule has 1 saturated carbocycles. The number of anilines is 1. The van der Waals surface area contributed by atoms with Crippen molar-refractivity contribution >= 4 is 11.7 Å². The molecule has 3 aliphatic rings. The first-order chi connectivity index (χ1) is 13.6. The number of nitrogens with zero attached hydrogens (tertiary/aromatic N) is 4. The van der Waals surface area contributed by atoms with Gasteiger partial charge in [-0.2, -0.15) is 0 Å². The molecule has 28 heavy (non-hydrogen) atoms. The second kappa shape index (κ2) is 8.76. The highest BCUT2D eigenvalue weighted by atomic mass is 16.2. The van der Waals surface area contributed by atoms with Crippen molar-refractivity contribution in [3.05, 3.63) is 17.6 Å². The molecule has 0 radical (unpaired) electrons. The molecule has 1 atom stereocenters. The Bertz CT molecular complexity index is 682. The van der Waals surface area contributed by atoms with E-state index in [-0.39, 0.29) is 5.92 Å². The number of aromatic nitrogens is 2. The fraction of sp³-hybridized carbons (Fsp3) is 0.773. The molecule has 2 aliphatic heterocycles. The molecular weight excluding hydrogens is 350 g/mol. The lowest BCUT2D eigenvalue weighted by molar-refractivity contribution is -0.127. The number of aryl methyl sites for hydroxylation is 2. The van der Waals surface area contributed by atoms with E-state index in [2.05, 4.69) is 27.0 Å². The van der Waals surface area contributed by atoms with Crippen molar-refractivity contribution in [2.24, 2.45) is 5.92 Å².